The Labute approximate surface area is 176 Å². The van der Waals surface area contributed by atoms with Crippen LogP contribution in [-0.2, 0) is 14.8 Å². The van der Waals surface area contributed by atoms with Crippen LogP contribution >= 0.6 is 11.6 Å². The molecule has 1 saturated heterocycles. The molecule has 1 aliphatic heterocycles. The normalized spacial score (nSPS) is 14.9. The molecule has 0 unspecified atom stereocenters. The van der Waals surface area contributed by atoms with Gasteiger partial charge in [-0.25, -0.2) is 8.42 Å². The van der Waals surface area contributed by atoms with E-state index in [2.05, 4.69) is 4.90 Å². The lowest BCUT2D eigenvalue weighted by molar-refractivity contribution is -0.131. The Balaban J connectivity index is 1.64. The summed E-state index contributed by atoms with van der Waals surface area (Å²) < 4.78 is 32.0. The molecule has 1 aliphatic rings. The first-order chi connectivity index (χ1) is 13.8. The van der Waals surface area contributed by atoms with E-state index in [4.69, 9.17) is 16.3 Å². The zero-order valence-electron chi connectivity index (χ0n) is 16.4. The third-order valence-corrected chi connectivity index (χ3v) is 6.99. The summed E-state index contributed by atoms with van der Waals surface area (Å²) >= 11 is 5.96. The Morgan fingerprint density at radius 1 is 1.10 bits per heavy atom. The van der Waals surface area contributed by atoms with Crippen LogP contribution in [0.1, 0.15) is 0 Å². The minimum Gasteiger partial charge on any atom is -0.495 e. The topological polar surface area (TPSA) is 70.2 Å². The van der Waals surface area contributed by atoms with Gasteiger partial charge in [-0.1, -0.05) is 29.8 Å². The summed E-state index contributed by atoms with van der Waals surface area (Å²) in [5, 5.41) is 0.279. The van der Waals surface area contributed by atoms with Gasteiger partial charge in [0.05, 0.1) is 13.7 Å². The van der Waals surface area contributed by atoms with Crippen molar-refractivity contribution in [2.75, 3.05) is 51.8 Å². The third kappa shape index (κ3) is 4.83. The summed E-state index contributed by atoms with van der Waals surface area (Å²) in [4.78, 5) is 16.5. The fraction of sp³-hybridized carbons (Fsp3) is 0.350. The van der Waals surface area contributed by atoms with E-state index in [0.717, 1.165) is 9.99 Å². The van der Waals surface area contributed by atoms with Crippen LogP contribution in [0, 0.1) is 0 Å². The Morgan fingerprint density at radius 3 is 2.38 bits per heavy atom. The van der Waals surface area contributed by atoms with E-state index < -0.39 is 10.0 Å². The second kappa shape index (κ2) is 9.02. The van der Waals surface area contributed by atoms with E-state index in [1.54, 1.807) is 11.0 Å². The molecule has 1 heterocycles. The standard InChI is InChI=1S/C20H24ClN3O4S/c1-22(29(26,27)19-14-16(21)8-9-18(19)28-2)15-20(25)24-12-10-23(11-13-24)17-6-4-3-5-7-17/h3-9,14H,10-13,15H2,1-2H3. The maximum Gasteiger partial charge on any atom is 0.247 e. The van der Waals surface area contributed by atoms with Crippen LogP contribution in [0.4, 0.5) is 5.69 Å². The number of likely N-dealkylation sites (N-methyl/N-ethyl adjacent to an activating group) is 1. The van der Waals surface area contributed by atoms with E-state index in [1.165, 1.54) is 26.3 Å². The van der Waals surface area contributed by atoms with Crippen molar-refractivity contribution in [3.8, 4) is 5.75 Å². The summed E-state index contributed by atoms with van der Waals surface area (Å²) in [6.45, 7) is 2.25. The number of benzene rings is 2. The van der Waals surface area contributed by atoms with Crippen LogP contribution in [0.25, 0.3) is 0 Å². The van der Waals surface area contributed by atoms with Gasteiger partial charge in [0, 0.05) is 43.9 Å². The number of methoxy groups -OCH3 is 1. The molecule has 0 atom stereocenters. The second-order valence-electron chi connectivity index (χ2n) is 6.76. The number of nitrogens with zero attached hydrogens (tertiary/aromatic N) is 3. The first-order valence-corrected chi connectivity index (χ1v) is 11.0. The Bertz CT molecular complexity index is 961. The molecule has 1 fully saturated rings. The van der Waals surface area contributed by atoms with E-state index in [-0.39, 0.29) is 28.1 Å². The highest BCUT2D eigenvalue weighted by atomic mass is 35.5. The number of rotatable bonds is 6. The molecule has 0 bridgehead atoms. The molecule has 0 spiro atoms. The van der Waals surface area contributed by atoms with Gasteiger partial charge in [-0.15, -0.1) is 0 Å². The second-order valence-corrected chi connectivity index (χ2v) is 9.21. The monoisotopic (exact) mass is 437 g/mol. The highest BCUT2D eigenvalue weighted by Gasteiger charge is 2.29. The van der Waals surface area contributed by atoms with E-state index in [0.29, 0.717) is 26.2 Å². The number of halogens is 1. The number of anilines is 1. The van der Waals surface area contributed by atoms with Gasteiger partial charge in [0.25, 0.3) is 0 Å². The van der Waals surface area contributed by atoms with Crippen molar-refractivity contribution in [1.82, 2.24) is 9.21 Å². The molecule has 2 aromatic carbocycles. The summed E-state index contributed by atoms with van der Waals surface area (Å²) in [5.41, 5.74) is 1.12. The first kappa shape index (κ1) is 21.4. The molecule has 0 saturated carbocycles. The zero-order valence-corrected chi connectivity index (χ0v) is 18.0. The predicted octanol–water partition coefficient (Wildman–Crippen LogP) is 2.32. The van der Waals surface area contributed by atoms with E-state index >= 15 is 0 Å². The third-order valence-electron chi connectivity index (χ3n) is 4.93. The highest BCUT2D eigenvalue weighted by Crippen LogP contribution is 2.29. The van der Waals surface area contributed by atoms with Crippen molar-refractivity contribution in [3.05, 3.63) is 53.6 Å². The van der Waals surface area contributed by atoms with Gasteiger partial charge in [-0.2, -0.15) is 4.31 Å². The Morgan fingerprint density at radius 2 is 1.76 bits per heavy atom. The van der Waals surface area contributed by atoms with E-state index in [1.807, 2.05) is 30.3 Å². The van der Waals surface area contributed by atoms with Gasteiger partial charge in [-0.3, -0.25) is 4.79 Å². The molecule has 1 amide bonds. The van der Waals surface area contributed by atoms with Gasteiger partial charge in [-0.05, 0) is 30.3 Å². The number of amides is 1. The highest BCUT2D eigenvalue weighted by molar-refractivity contribution is 7.89. The molecular formula is C20H24ClN3O4S. The molecule has 0 aromatic heterocycles. The molecule has 0 radical (unpaired) electrons. The maximum atomic E-state index is 12.9. The average Bonchev–Trinajstić information content (AvgIpc) is 2.74. The molecule has 3 rings (SSSR count). The Kier molecular flexibility index (Phi) is 6.66. The smallest absolute Gasteiger partial charge is 0.247 e. The number of piperazine rings is 1. The SMILES string of the molecule is COc1ccc(Cl)cc1S(=O)(=O)N(C)CC(=O)N1CCN(c2ccccc2)CC1. The molecule has 29 heavy (non-hydrogen) atoms. The lowest BCUT2D eigenvalue weighted by Gasteiger charge is -2.36. The minimum absolute atomic E-state index is 0.0586. The largest absolute Gasteiger partial charge is 0.495 e. The van der Waals surface area contributed by atoms with Crippen LogP contribution in [0.3, 0.4) is 0 Å². The van der Waals surface area contributed by atoms with Gasteiger partial charge in [0.2, 0.25) is 15.9 Å². The van der Waals surface area contributed by atoms with Crippen molar-refractivity contribution < 1.29 is 17.9 Å². The van der Waals surface area contributed by atoms with Gasteiger partial charge in [0.15, 0.2) is 0 Å². The van der Waals surface area contributed by atoms with Gasteiger partial charge in [0.1, 0.15) is 10.6 Å². The van der Waals surface area contributed by atoms with E-state index in [9.17, 15) is 13.2 Å². The summed E-state index contributed by atoms with van der Waals surface area (Å²) in [6.07, 6.45) is 0. The molecule has 0 N–H and O–H groups in total. The number of carbonyl (C=O) groups is 1. The maximum absolute atomic E-state index is 12.9. The lowest BCUT2D eigenvalue weighted by Crippen LogP contribution is -2.51. The van der Waals surface area contributed by atoms with Crippen LogP contribution in [0.2, 0.25) is 5.02 Å². The number of ether oxygens (including phenoxy) is 1. The van der Waals surface area contributed by atoms with Crippen molar-refractivity contribution in [2.24, 2.45) is 0 Å². The summed E-state index contributed by atoms with van der Waals surface area (Å²) in [5.74, 6) is -0.0463. The van der Waals surface area contributed by atoms with Crippen molar-refractivity contribution >= 4 is 33.2 Å². The average molecular weight is 438 g/mol. The molecule has 156 valence electrons. The van der Waals surface area contributed by atoms with Crippen LogP contribution in [0.15, 0.2) is 53.4 Å². The minimum atomic E-state index is -3.93. The molecule has 7 nitrogen and oxygen atoms in total. The summed E-state index contributed by atoms with van der Waals surface area (Å²) in [6, 6.07) is 14.4. The number of hydrogen-bond acceptors (Lipinski definition) is 5. The fourth-order valence-electron chi connectivity index (χ4n) is 3.25. The van der Waals surface area contributed by atoms with Crippen molar-refractivity contribution in [2.45, 2.75) is 4.90 Å². The predicted molar refractivity (Wildman–Crippen MR) is 113 cm³/mol. The number of para-hydroxylation sites is 1. The molecule has 2 aromatic rings. The fourth-order valence-corrected chi connectivity index (χ4v) is 4.78. The Hall–Kier alpha value is -2.29. The lowest BCUT2D eigenvalue weighted by atomic mass is 10.2. The van der Waals surface area contributed by atoms with Crippen LogP contribution in [-0.4, -0.2) is 70.4 Å². The first-order valence-electron chi connectivity index (χ1n) is 9.20. The van der Waals surface area contributed by atoms with Gasteiger partial charge < -0.3 is 14.5 Å². The number of sulfonamides is 1. The quantitative estimate of drug-likeness (QED) is 0.693. The van der Waals surface area contributed by atoms with Crippen LogP contribution < -0.4 is 9.64 Å². The molecular weight excluding hydrogens is 414 g/mol. The molecule has 0 aliphatic carbocycles. The van der Waals surface area contributed by atoms with Crippen molar-refractivity contribution in [1.29, 1.82) is 0 Å². The van der Waals surface area contributed by atoms with Gasteiger partial charge >= 0.3 is 0 Å². The van der Waals surface area contributed by atoms with Crippen LogP contribution in [0.5, 0.6) is 5.75 Å². The summed E-state index contributed by atoms with van der Waals surface area (Å²) in [7, 11) is -1.15. The van der Waals surface area contributed by atoms with Crippen molar-refractivity contribution in [3.63, 3.8) is 0 Å². The number of carbonyl (C=O) groups excluding carboxylic acids is 1. The number of hydrogen-bond donors (Lipinski definition) is 0. The molecule has 9 heteroatoms. The zero-order chi connectivity index (χ0) is 21.0.